The molecule has 1 aliphatic carbocycles. The Morgan fingerprint density at radius 3 is 2.65 bits per heavy atom. The van der Waals surface area contributed by atoms with Crippen LogP contribution in [-0.4, -0.2) is 18.9 Å². The molecule has 88 valence electrons. The summed E-state index contributed by atoms with van der Waals surface area (Å²) in [6.07, 6.45) is 2.58. The summed E-state index contributed by atoms with van der Waals surface area (Å²) >= 11 is 0. The summed E-state index contributed by atoms with van der Waals surface area (Å²) in [5.74, 6) is -0.439. The minimum atomic E-state index is -0.410. The lowest BCUT2D eigenvalue weighted by molar-refractivity contribution is -0.137. The number of methoxy groups -OCH3 is 1. The fourth-order valence-electron chi connectivity index (χ4n) is 2.14. The van der Waals surface area contributed by atoms with Gasteiger partial charge in [0, 0.05) is 17.9 Å². The molecule has 0 aliphatic heterocycles. The molecule has 3 nitrogen and oxygen atoms in total. The summed E-state index contributed by atoms with van der Waals surface area (Å²) in [4.78, 5) is 23.0. The average Bonchev–Trinajstić information content (AvgIpc) is 2.38. The van der Waals surface area contributed by atoms with E-state index < -0.39 is 5.97 Å². The molecule has 0 fully saturated rings. The van der Waals surface area contributed by atoms with E-state index in [4.69, 9.17) is 4.74 Å². The van der Waals surface area contributed by atoms with E-state index in [-0.39, 0.29) is 11.7 Å². The van der Waals surface area contributed by atoms with Crippen molar-refractivity contribution in [3.05, 3.63) is 47.5 Å². The molecule has 2 rings (SSSR count). The van der Waals surface area contributed by atoms with Crippen LogP contribution in [0.2, 0.25) is 0 Å². The number of hydrogen-bond donors (Lipinski definition) is 0. The highest BCUT2D eigenvalue weighted by Gasteiger charge is 2.28. The van der Waals surface area contributed by atoms with Gasteiger partial charge in [0.15, 0.2) is 5.78 Å². The lowest BCUT2D eigenvalue weighted by Crippen LogP contribution is -2.19. The van der Waals surface area contributed by atoms with Crippen molar-refractivity contribution < 1.29 is 14.3 Å². The third-order valence-corrected chi connectivity index (χ3v) is 2.99. The summed E-state index contributed by atoms with van der Waals surface area (Å²) in [6, 6.07) is 9.73. The third-order valence-electron chi connectivity index (χ3n) is 2.99. The smallest absolute Gasteiger partial charge is 0.334 e. The van der Waals surface area contributed by atoms with Crippen LogP contribution in [0.5, 0.6) is 0 Å². The lowest BCUT2D eigenvalue weighted by atomic mass is 9.82. The topological polar surface area (TPSA) is 43.4 Å². The molecule has 0 saturated heterocycles. The number of esters is 1. The average molecular weight is 230 g/mol. The van der Waals surface area contributed by atoms with Crippen LogP contribution < -0.4 is 0 Å². The lowest BCUT2D eigenvalue weighted by Gasteiger charge is -2.22. The van der Waals surface area contributed by atoms with Crippen LogP contribution in [0.15, 0.2) is 42.0 Å². The Morgan fingerprint density at radius 1 is 1.29 bits per heavy atom. The van der Waals surface area contributed by atoms with Crippen LogP contribution >= 0.6 is 0 Å². The van der Waals surface area contributed by atoms with E-state index in [1.54, 1.807) is 0 Å². The maximum Gasteiger partial charge on any atom is 0.334 e. The fraction of sp³-hybridized carbons (Fsp3) is 0.286. The first kappa shape index (κ1) is 11.6. The van der Waals surface area contributed by atoms with Gasteiger partial charge in [-0.25, -0.2) is 4.79 Å². The van der Waals surface area contributed by atoms with Gasteiger partial charge in [0.05, 0.1) is 7.11 Å². The van der Waals surface area contributed by atoms with Crippen molar-refractivity contribution in [1.82, 2.24) is 0 Å². The van der Waals surface area contributed by atoms with E-state index in [0.29, 0.717) is 18.4 Å². The molecular formula is C14H14O3. The van der Waals surface area contributed by atoms with Crippen molar-refractivity contribution in [2.75, 3.05) is 7.11 Å². The van der Waals surface area contributed by atoms with Gasteiger partial charge in [-0.05, 0) is 18.1 Å². The predicted molar refractivity (Wildman–Crippen MR) is 63.5 cm³/mol. The molecule has 0 aromatic heterocycles. The summed E-state index contributed by atoms with van der Waals surface area (Å²) in [5, 5.41) is 0. The van der Waals surface area contributed by atoms with Crippen molar-refractivity contribution in [3.63, 3.8) is 0 Å². The molecule has 17 heavy (non-hydrogen) atoms. The Labute approximate surface area is 100 Å². The van der Waals surface area contributed by atoms with Crippen molar-refractivity contribution in [1.29, 1.82) is 0 Å². The minimum absolute atomic E-state index is 0.00224. The molecular weight excluding hydrogens is 216 g/mol. The molecule has 1 aromatic rings. The Kier molecular flexibility index (Phi) is 3.38. The maximum atomic E-state index is 11.7. The second kappa shape index (κ2) is 4.95. The minimum Gasteiger partial charge on any atom is -0.466 e. The molecule has 0 amide bonds. The third kappa shape index (κ3) is 2.44. The Balaban J connectivity index is 2.36. The number of carbonyl (C=O) groups excluding carboxylic acids is 2. The van der Waals surface area contributed by atoms with Crippen LogP contribution in [0, 0.1) is 0 Å². The van der Waals surface area contributed by atoms with Gasteiger partial charge in [0.1, 0.15) is 0 Å². The van der Waals surface area contributed by atoms with Crippen LogP contribution in [0.3, 0.4) is 0 Å². The molecule has 0 N–H and O–H groups in total. The zero-order valence-corrected chi connectivity index (χ0v) is 9.68. The standard InChI is InChI=1S/C14H14O3/c1-17-14(16)13-9-11(15)7-8-12(13)10-5-3-2-4-6-10/h2-6,9,12H,7-8H2,1H3. The normalized spacial score (nSPS) is 19.7. The van der Waals surface area contributed by atoms with E-state index in [2.05, 4.69) is 0 Å². The van der Waals surface area contributed by atoms with Gasteiger partial charge in [-0.3, -0.25) is 4.79 Å². The SMILES string of the molecule is COC(=O)C1=CC(=O)CCC1c1ccccc1. The Hall–Kier alpha value is -1.90. The van der Waals surface area contributed by atoms with E-state index in [1.165, 1.54) is 13.2 Å². The predicted octanol–water partition coefficient (Wildman–Crippen LogP) is 2.23. The number of allylic oxidation sites excluding steroid dienone is 1. The molecule has 1 unspecified atom stereocenters. The summed E-state index contributed by atoms with van der Waals surface area (Å²) in [5.41, 5.74) is 1.52. The molecule has 0 heterocycles. The maximum absolute atomic E-state index is 11.7. The summed E-state index contributed by atoms with van der Waals surface area (Å²) in [6.45, 7) is 0. The van der Waals surface area contributed by atoms with Crippen LogP contribution in [0.1, 0.15) is 24.3 Å². The van der Waals surface area contributed by atoms with Crippen molar-refractivity contribution in [2.24, 2.45) is 0 Å². The van der Waals surface area contributed by atoms with E-state index >= 15 is 0 Å². The number of rotatable bonds is 2. The van der Waals surface area contributed by atoms with Crippen molar-refractivity contribution >= 4 is 11.8 Å². The number of ketones is 1. The molecule has 1 atom stereocenters. The van der Waals surface area contributed by atoms with Gasteiger partial charge in [0.2, 0.25) is 0 Å². The van der Waals surface area contributed by atoms with Gasteiger partial charge < -0.3 is 4.74 Å². The van der Waals surface area contributed by atoms with E-state index in [9.17, 15) is 9.59 Å². The molecule has 0 saturated carbocycles. The molecule has 0 bridgehead atoms. The number of carbonyl (C=O) groups is 2. The molecule has 3 heteroatoms. The first-order valence-electron chi connectivity index (χ1n) is 5.60. The van der Waals surface area contributed by atoms with Crippen LogP contribution in [0.25, 0.3) is 0 Å². The van der Waals surface area contributed by atoms with Gasteiger partial charge in [-0.1, -0.05) is 30.3 Å². The number of ether oxygens (including phenoxy) is 1. The molecule has 1 aliphatic rings. The van der Waals surface area contributed by atoms with Crippen molar-refractivity contribution in [2.45, 2.75) is 18.8 Å². The monoisotopic (exact) mass is 230 g/mol. The molecule has 0 radical (unpaired) electrons. The first-order chi connectivity index (χ1) is 8.22. The first-order valence-corrected chi connectivity index (χ1v) is 5.60. The van der Waals surface area contributed by atoms with Crippen LogP contribution in [0.4, 0.5) is 0 Å². The second-order valence-electron chi connectivity index (χ2n) is 4.06. The van der Waals surface area contributed by atoms with Gasteiger partial charge in [-0.15, -0.1) is 0 Å². The Bertz CT molecular complexity index is 460. The quantitative estimate of drug-likeness (QED) is 0.732. The van der Waals surface area contributed by atoms with E-state index in [0.717, 1.165) is 5.56 Å². The fourth-order valence-corrected chi connectivity index (χ4v) is 2.14. The summed E-state index contributed by atoms with van der Waals surface area (Å²) < 4.78 is 4.73. The second-order valence-corrected chi connectivity index (χ2v) is 4.06. The largest absolute Gasteiger partial charge is 0.466 e. The highest BCUT2D eigenvalue weighted by Crippen LogP contribution is 2.33. The Morgan fingerprint density at radius 2 is 2.00 bits per heavy atom. The van der Waals surface area contributed by atoms with Crippen molar-refractivity contribution in [3.8, 4) is 0 Å². The zero-order chi connectivity index (χ0) is 12.3. The highest BCUT2D eigenvalue weighted by molar-refractivity contribution is 6.01. The van der Waals surface area contributed by atoms with Gasteiger partial charge in [-0.2, -0.15) is 0 Å². The van der Waals surface area contributed by atoms with Gasteiger partial charge in [0.25, 0.3) is 0 Å². The summed E-state index contributed by atoms with van der Waals surface area (Å²) in [7, 11) is 1.34. The molecule has 0 spiro atoms. The zero-order valence-electron chi connectivity index (χ0n) is 9.68. The number of hydrogen-bond acceptors (Lipinski definition) is 3. The highest BCUT2D eigenvalue weighted by atomic mass is 16.5. The number of benzene rings is 1. The van der Waals surface area contributed by atoms with Gasteiger partial charge >= 0.3 is 5.97 Å². The van der Waals surface area contributed by atoms with E-state index in [1.807, 2.05) is 30.3 Å². The van der Waals surface area contributed by atoms with Crippen LogP contribution in [-0.2, 0) is 14.3 Å². The molecule has 1 aromatic carbocycles.